The van der Waals surface area contributed by atoms with E-state index >= 15 is 0 Å². The molecule has 3 heteroatoms. The van der Waals surface area contributed by atoms with Gasteiger partial charge in [-0.05, 0) is 38.3 Å². The summed E-state index contributed by atoms with van der Waals surface area (Å²) in [6, 6.07) is 2.36. The number of hydrogen-bond donors (Lipinski definition) is 1. The van der Waals surface area contributed by atoms with Crippen LogP contribution in [0.15, 0.2) is 0 Å². The predicted octanol–water partition coefficient (Wildman–Crippen LogP) is 2.00. The van der Waals surface area contributed by atoms with E-state index in [-0.39, 0.29) is 6.04 Å². The molecule has 0 aromatic carbocycles. The minimum atomic E-state index is 0.0343. The van der Waals surface area contributed by atoms with Gasteiger partial charge in [-0.1, -0.05) is 20.3 Å². The van der Waals surface area contributed by atoms with Gasteiger partial charge < -0.3 is 10.2 Å². The second-order valence-electron chi connectivity index (χ2n) is 4.75. The van der Waals surface area contributed by atoms with Crippen LogP contribution in [0.2, 0.25) is 0 Å². The molecule has 1 heterocycles. The van der Waals surface area contributed by atoms with Crippen molar-refractivity contribution in [2.24, 2.45) is 5.92 Å². The van der Waals surface area contributed by atoms with E-state index < -0.39 is 0 Å². The Balaban J connectivity index is 2.23. The first-order valence-corrected chi connectivity index (χ1v) is 6.65. The third kappa shape index (κ3) is 4.51. The van der Waals surface area contributed by atoms with Gasteiger partial charge in [0, 0.05) is 13.1 Å². The fraction of sp³-hybridized carbons (Fsp3) is 0.923. The molecule has 2 atom stereocenters. The standard InChI is InChI=1S/C13H25N3/c1-3-12-6-5-8-16(11-12)9-7-13(10-14)15-4-2/h12-13,15H,3-9,11H2,1-2H3. The highest BCUT2D eigenvalue weighted by molar-refractivity contribution is 4.90. The molecule has 0 spiro atoms. The molecular weight excluding hydrogens is 198 g/mol. The molecule has 0 radical (unpaired) electrons. The zero-order valence-electron chi connectivity index (χ0n) is 10.7. The van der Waals surface area contributed by atoms with Gasteiger partial charge in [-0.25, -0.2) is 0 Å². The summed E-state index contributed by atoms with van der Waals surface area (Å²) < 4.78 is 0. The van der Waals surface area contributed by atoms with E-state index in [0.717, 1.165) is 25.4 Å². The van der Waals surface area contributed by atoms with Gasteiger partial charge >= 0.3 is 0 Å². The lowest BCUT2D eigenvalue weighted by atomic mass is 9.95. The lowest BCUT2D eigenvalue weighted by Crippen LogP contribution is -2.38. The summed E-state index contributed by atoms with van der Waals surface area (Å²) in [4.78, 5) is 2.53. The molecule has 0 aromatic rings. The molecule has 1 aliphatic heterocycles. The van der Waals surface area contributed by atoms with Gasteiger partial charge in [0.05, 0.1) is 12.1 Å². The average Bonchev–Trinajstić information content (AvgIpc) is 2.34. The van der Waals surface area contributed by atoms with E-state index in [1.54, 1.807) is 0 Å². The van der Waals surface area contributed by atoms with E-state index in [1.165, 1.54) is 32.4 Å². The molecule has 3 nitrogen and oxygen atoms in total. The van der Waals surface area contributed by atoms with Crippen molar-refractivity contribution in [1.82, 2.24) is 10.2 Å². The largest absolute Gasteiger partial charge is 0.303 e. The van der Waals surface area contributed by atoms with Crippen molar-refractivity contribution >= 4 is 0 Å². The van der Waals surface area contributed by atoms with Crippen molar-refractivity contribution in [3.8, 4) is 6.07 Å². The SMILES string of the molecule is CCNC(C#N)CCN1CCCC(CC)C1. The topological polar surface area (TPSA) is 39.1 Å². The maximum absolute atomic E-state index is 8.95. The van der Waals surface area contributed by atoms with Crippen LogP contribution in [0.25, 0.3) is 0 Å². The third-order valence-electron chi connectivity index (χ3n) is 3.52. The number of piperidine rings is 1. The van der Waals surface area contributed by atoms with Gasteiger partial charge in [-0.3, -0.25) is 0 Å². The van der Waals surface area contributed by atoms with E-state index in [9.17, 15) is 0 Å². The second-order valence-corrected chi connectivity index (χ2v) is 4.75. The van der Waals surface area contributed by atoms with Crippen molar-refractivity contribution in [1.29, 1.82) is 5.26 Å². The first kappa shape index (κ1) is 13.5. The minimum Gasteiger partial charge on any atom is -0.303 e. The molecule has 1 fully saturated rings. The number of likely N-dealkylation sites (tertiary alicyclic amines) is 1. The molecule has 0 aromatic heterocycles. The summed E-state index contributed by atoms with van der Waals surface area (Å²) in [5.41, 5.74) is 0. The van der Waals surface area contributed by atoms with Crippen molar-refractivity contribution < 1.29 is 0 Å². The van der Waals surface area contributed by atoms with Crippen LogP contribution in [0.4, 0.5) is 0 Å². The first-order valence-electron chi connectivity index (χ1n) is 6.65. The number of nitrogens with one attached hydrogen (secondary N) is 1. The van der Waals surface area contributed by atoms with Crippen LogP contribution >= 0.6 is 0 Å². The van der Waals surface area contributed by atoms with E-state index in [0.29, 0.717) is 0 Å². The van der Waals surface area contributed by atoms with Gasteiger partial charge in [0.25, 0.3) is 0 Å². The Bertz CT molecular complexity index is 222. The van der Waals surface area contributed by atoms with Crippen LogP contribution in [0.3, 0.4) is 0 Å². The van der Waals surface area contributed by atoms with Crippen LogP contribution in [-0.2, 0) is 0 Å². The number of hydrogen-bond acceptors (Lipinski definition) is 3. The number of nitriles is 1. The van der Waals surface area contributed by atoms with Gasteiger partial charge in [0.1, 0.15) is 0 Å². The fourth-order valence-corrected chi connectivity index (χ4v) is 2.46. The molecule has 0 bridgehead atoms. The highest BCUT2D eigenvalue weighted by Gasteiger charge is 2.18. The molecule has 0 saturated carbocycles. The lowest BCUT2D eigenvalue weighted by Gasteiger charge is -2.32. The molecule has 0 amide bonds. The maximum atomic E-state index is 8.95. The van der Waals surface area contributed by atoms with Crippen LogP contribution in [0.1, 0.15) is 39.5 Å². The van der Waals surface area contributed by atoms with Crippen LogP contribution < -0.4 is 5.32 Å². The summed E-state index contributed by atoms with van der Waals surface area (Å²) in [5.74, 6) is 0.883. The summed E-state index contributed by atoms with van der Waals surface area (Å²) in [7, 11) is 0. The Morgan fingerprint density at radius 1 is 1.50 bits per heavy atom. The van der Waals surface area contributed by atoms with Crippen molar-refractivity contribution in [3.05, 3.63) is 0 Å². The number of nitrogens with zero attached hydrogens (tertiary/aromatic N) is 2. The van der Waals surface area contributed by atoms with Crippen molar-refractivity contribution in [3.63, 3.8) is 0 Å². The molecular formula is C13H25N3. The van der Waals surface area contributed by atoms with Gasteiger partial charge in [-0.2, -0.15) is 5.26 Å². The molecule has 1 saturated heterocycles. The summed E-state index contributed by atoms with van der Waals surface area (Å²) in [6.45, 7) is 8.75. The third-order valence-corrected chi connectivity index (χ3v) is 3.52. The zero-order chi connectivity index (χ0) is 11.8. The smallest absolute Gasteiger partial charge is 0.0965 e. The Morgan fingerprint density at radius 3 is 2.94 bits per heavy atom. The van der Waals surface area contributed by atoms with Gasteiger partial charge in [0.2, 0.25) is 0 Å². The van der Waals surface area contributed by atoms with Crippen LogP contribution in [0.5, 0.6) is 0 Å². The average molecular weight is 223 g/mol. The normalized spacial score (nSPS) is 23.9. The predicted molar refractivity (Wildman–Crippen MR) is 67.1 cm³/mol. The highest BCUT2D eigenvalue weighted by atomic mass is 15.1. The molecule has 16 heavy (non-hydrogen) atoms. The Kier molecular flexibility index (Phi) is 6.44. The summed E-state index contributed by atoms with van der Waals surface area (Å²) in [6.07, 6.45) is 4.98. The van der Waals surface area contributed by atoms with Crippen LogP contribution in [-0.4, -0.2) is 37.1 Å². The Labute approximate surface area is 99.8 Å². The molecule has 92 valence electrons. The fourth-order valence-electron chi connectivity index (χ4n) is 2.46. The maximum Gasteiger partial charge on any atom is 0.0965 e. The highest BCUT2D eigenvalue weighted by Crippen LogP contribution is 2.19. The molecule has 0 aliphatic carbocycles. The van der Waals surface area contributed by atoms with E-state index in [1.807, 2.05) is 0 Å². The Morgan fingerprint density at radius 2 is 2.31 bits per heavy atom. The lowest BCUT2D eigenvalue weighted by molar-refractivity contribution is 0.167. The number of rotatable bonds is 6. The zero-order valence-corrected chi connectivity index (χ0v) is 10.7. The molecule has 1 N–H and O–H groups in total. The quantitative estimate of drug-likeness (QED) is 0.748. The van der Waals surface area contributed by atoms with Gasteiger partial charge in [-0.15, -0.1) is 0 Å². The first-order chi connectivity index (χ1) is 7.80. The Hall–Kier alpha value is -0.590. The van der Waals surface area contributed by atoms with E-state index in [2.05, 4.69) is 30.1 Å². The molecule has 1 rings (SSSR count). The minimum absolute atomic E-state index is 0.0343. The monoisotopic (exact) mass is 223 g/mol. The van der Waals surface area contributed by atoms with Gasteiger partial charge in [0.15, 0.2) is 0 Å². The molecule has 2 unspecified atom stereocenters. The van der Waals surface area contributed by atoms with Crippen LogP contribution in [0, 0.1) is 17.2 Å². The summed E-state index contributed by atoms with van der Waals surface area (Å²) >= 11 is 0. The van der Waals surface area contributed by atoms with E-state index in [4.69, 9.17) is 5.26 Å². The van der Waals surface area contributed by atoms with Crippen molar-refractivity contribution in [2.75, 3.05) is 26.2 Å². The summed E-state index contributed by atoms with van der Waals surface area (Å²) in [5, 5.41) is 12.2. The molecule has 1 aliphatic rings. The second kappa shape index (κ2) is 7.65. The van der Waals surface area contributed by atoms with Crippen molar-refractivity contribution in [2.45, 2.75) is 45.6 Å².